The number of rotatable bonds is 0. The molecule has 3 aliphatic carbocycles. The van der Waals surface area contributed by atoms with Gasteiger partial charge in [-0.3, -0.25) is 9.59 Å². The highest BCUT2D eigenvalue weighted by Crippen LogP contribution is 2.34. The summed E-state index contributed by atoms with van der Waals surface area (Å²) in [4.78, 5) is 22.5. The Kier molecular flexibility index (Phi) is 1.55. The maximum atomic E-state index is 11.3. The first-order chi connectivity index (χ1) is 5.27. The van der Waals surface area contributed by atoms with Gasteiger partial charge in [-0.25, -0.2) is 0 Å². The van der Waals surface area contributed by atoms with Crippen molar-refractivity contribution in [3.05, 3.63) is 0 Å². The first-order valence-electron chi connectivity index (χ1n) is 4.33. The third kappa shape index (κ3) is 1.10. The summed E-state index contributed by atoms with van der Waals surface area (Å²) in [5.41, 5.74) is 0. The van der Waals surface area contributed by atoms with E-state index in [1.54, 1.807) is 0 Å². The third-order valence-electron chi connectivity index (χ3n) is 2.99. The predicted molar refractivity (Wildman–Crippen MR) is 40.1 cm³/mol. The summed E-state index contributed by atoms with van der Waals surface area (Å²) >= 11 is 0. The summed E-state index contributed by atoms with van der Waals surface area (Å²) in [7, 11) is 0. The molecule has 0 aromatic carbocycles. The molecule has 0 aromatic rings. The number of fused-ring (bicyclic) bond motifs is 4. The molecule has 2 bridgehead atoms. The van der Waals surface area contributed by atoms with E-state index in [0.717, 1.165) is 25.7 Å². The molecule has 0 saturated heterocycles. The largest absolute Gasteiger partial charge is 0.299 e. The van der Waals surface area contributed by atoms with Crippen molar-refractivity contribution in [2.24, 2.45) is 11.8 Å². The molecular weight excluding hydrogens is 140 g/mol. The number of hydrogen-bond acceptors (Lipinski definition) is 2. The van der Waals surface area contributed by atoms with Crippen LogP contribution >= 0.6 is 0 Å². The Morgan fingerprint density at radius 3 is 1.55 bits per heavy atom. The van der Waals surface area contributed by atoms with Crippen molar-refractivity contribution in [1.29, 1.82) is 0 Å². The average Bonchev–Trinajstić information content (AvgIpc) is 2.22. The maximum Gasteiger partial charge on any atom is 0.143 e. The van der Waals surface area contributed by atoms with Gasteiger partial charge in [-0.05, 0) is 25.7 Å². The van der Waals surface area contributed by atoms with Crippen LogP contribution in [0.5, 0.6) is 0 Å². The summed E-state index contributed by atoms with van der Waals surface area (Å²) in [6.45, 7) is 0. The van der Waals surface area contributed by atoms with Crippen LogP contribution in [0.25, 0.3) is 0 Å². The van der Waals surface area contributed by atoms with Crippen LogP contribution in [0.2, 0.25) is 0 Å². The third-order valence-corrected chi connectivity index (χ3v) is 2.99. The summed E-state index contributed by atoms with van der Waals surface area (Å²) in [6, 6.07) is 0. The van der Waals surface area contributed by atoms with Crippen LogP contribution < -0.4 is 0 Å². The average molecular weight is 152 g/mol. The summed E-state index contributed by atoms with van der Waals surface area (Å²) in [5.74, 6) is 0.875. The molecule has 0 spiro atoms. The van der Waals surface area contributed by atoms with E-state index < -0.39 is 0 Å². The van der Waals surface area contributed by atoms with E-state index in [-0.39, 0.29) is 29.8 Å². The van der Waals surface area contributed by atoms with Crippen LogP contribution in [0.15, 0.2) is 0 Å². The van der Waals surface area contributed by atoms with E-state index in [2.05, 4.69) is 0 Å². The Bertz CT molecular complexity index is 178. The standard InChI is InChI=1S/C9H12O2/c10-8-5-9(11)7-2-1-6(8)3-4-7/h6-7H,1-5H2. The highest BCUT2D eigenvalue weighted by Gasteiger charge is 2.35. The molecule has 0 N–H and O–H groups in total. The van der Waals surface area contributed by atoms with Gasteiger partial charge in [0.15, 0.2) is 0 Å². The molecule has 0 amide bonds. The minimum Gasteiger partial charge on any atom is -0.299 e. The second kappa shape index (κ2) is 2.43. The minimum atomic E-state index is 0.204. The summed E-state index contributed by atoms with van der Waals surface area (Å²) in [6.07, 6.45) is 4.10. The molecule has 0 unspecified atom stereocenters. The van der Waals surface area contributed by atoms with Crippen molar-refractivity contribution in [1.82, 2.24) is 0 Å². The molecule has 0 radical (unpaired) electrons. The van der Waals surface area contributed by atoms with Crippen molar-refractivity contribution in [3.8, 4) is 0 Å². The number of carbonyl (C=O) groups is 2. The smallest absolute Gasteiger partial charge is 0.143 e. The van der Waals surface area contributed by atoms with Crippen molar-refractivity contribution in [3.63, 3.8) is 0 Å². The zero-order valence-corrected chi connectivity index (χ0v) is 6.51. The topological polar surface area (TPSA) is 34.1 Å². The SMILES string of the molecule is O=C1CC(=O)C2CCC1CC2. The van der Waals surface area contributed by atoms with E-state index in [9.17, 15) is 9.59 Å². The lowest BCUT2D eigenvalue weighted by Crippen LogP contribution is -2.15. The normalized spacial score (nSPS) is 37.5. The van der Waals surface area contributed by atoms with Gasteiger partial charge in [0.1, 0.15) is 11.6 Å². The minimum absolute atomic E-state index is 0.204. The van der Waals surface area contributed by atoms with Gasteiger partial charge in [-0.2, -0.15) is 0 Å². The van der Waals surface area contributed by atoms with Crippen LogP contribution in [-0.2, 0) is 9.59 Å². The molecule has 3 fully saturated rings. The molecule has 3 saturated carbocycles. The van der Waals surface area contributed by atoms with Gasteiger partial charge in [-0.1, -0.05) is 0 Å². The van der Waals surface area contributed by atoms with Crippen molar-refractivity contribution < 1.29 is 9.59 Å². The Hall–Kier alpha value is -0.660. The number of ketones is 2. The van der Waals surface area contributed by atoms with E-state index >= 15 is 0 Å². The fraction of sp³-hybridized carbons (Fsp3) is 0.778. The highest BCUT2D eigenvalue weighted by molar-refractivity contribution is 6.02. The molecule has 3 rings (SSSR count). The molecule has 0 aliphatic heterocycles. The first-order valence-corrected chi connectivity index (χ1v) is 4.33. The lowest BCUT2D eigenvalue weighted by Gasteiger charge is -2.20. The van der Waals surface area contributed by atoms with Gasteiger partial charge in [-0.15, -0.1) is 0 Å². The lowest BCUT2D eigenvalue weighted by molar-refractivity contribution is -0.128. The van der Waals surface area contributed by atoms with Gasteiger partial charge in [0, 0.05) is 11.8 Å². The van der Waals surface area contributed by atoms with Crippen LogP contribution in [0, 0.1) is 11.8 Å². The molecule has 0 atom stereocenters. The summed E-state index contributed by atoms with van der Waals surface area (Å²) in [5, 5.41) is 0. The van der Waals surface area contributed by atoms with Gasteiger partial charge in [0.05, 0.1) is 6.42 Å². The van der Waals surface area contributed by atoms with Crippen LogP contribution in [0.3, 0.4) is 0 Å². The Morgan fingerprint density at radius 2 is 1.18 bits per heavy atom. The van der Waals surface area contributed by atoms with Crippen LogP contribution in [-0.4, -0.2) is 11.6 Å². The molecule has 60 valence electrons. The van der Waals surface area contributed by atoms with Crippen molar-refractivity contribution >= 4 is 11.6 Å². The Morgan fingerprint density at radius 1 is 0.818 bits per heavy atom. The van der Waals surface area contributed by atoms with Crippen molar-refractivity contribution in [2.75, 3.05) is 0 Å². The second-order valence-electron chi connectivity index (χ2n) is 3.66. The Balaban J connectivity index is 2.25. The zero-order chi connectivity index (χ0) is 7.84. The van der Waals surface area contributed by atoms with E-state index in [1.807, 2.05) is 0 Å². The van der Waals surface area contributed by atoms with Gasteiger partial charge >= 0.3 is 0 Å². The summed E-state index contributed by atoms with van der Waals surface area (Å²) < 4.78 is 0. The zero-order valence-electron chi connectivity index (χ0n) is 6.51. The van der Waals surface area contributed by atoms with Crippen molar-refractivity contribution in [2.45, 2.75) is 32.1 Å². The number of carbonyl (C=O) groups excluding carboxylic acids is 2. The first kappa shape index (κ1) is 7.01. The second-order valence-corrected chi connectivity index (χ2v) is 3.66. The Labute approximate surface area is 66.0 Å². The molecule has 0 aromatic heterocycles. The highest BCUT2D eigenvalue weighted by atomic mass is 16.1. The van der Waals surface area contributed by atoms with Gasteiger partial charge in [0.25, 0.3) is 0 Å². The number of hydrogen-bond donors (Lipinski definition) is 0. The van der Waals surface area contributed by atoms with Crippen LogP contribution in [0.4, 0.5) is 0 Å². The maximum absolute atomic E-state index is 11.3. The van der Waals surface area contributed by atoms with E-state index in [1.165, 1.54) is 0 Å². The van der Waals surface area contributed by atoms with Gasteiger partial charge in [0.2, 0.25) is 0 Å². The molecular formula is C9H12O2. The van der Waals surface area contributed by atoms with Crippen LogP contribution in [0.1, 0.15) is 32.1 Å². The molecule has 11 heavy (non-hydrogen) atoms. The fourth-order valence-electron chi connectivity index (χ4n) is 2.20. The fourth-order valence-corrected chi connectivity index (χ4v) is 2.20. The van der Waals surface area contributed by atoms with E-state index in [4.69, 9.17) is 0 Å². The monoisotopic (exact) mass is 152 g/mol. The molecule has 0 heterocycles. The molecule has 2 nitrogen and oxygen atoms in total. The van der Waals surface area contributed by atoms with Gasteiger partial charge < -0.3 is 0 Å². The quantitative estimate of drug-likeness (QED) is 0.491. The predicted octanol–water partition coefficient (Wildman–Crippen LogP) is 1.33. The lowest BCUT2D eigenvalue weighted by atomic mass is 9.84. The van der Waals surface area contributed by atoms with E-state index in [0.29, 0.717) is 0 Å². The molecule has 2 heteroatoms. The number of Topliss-reactive ketones (excluding diaryl/α,β-unsaturated/α-hetero) is 2. The molecule has 3 aliphatic rings.